The Kier molecular flexibility index (Phi) is 9.72. The molecule has 0 saturated carbocycles. The van der Waals surface area contributed by atoms with Crippen molar-refractivity contribution in [3.63, 3.8) is 0 Å². The number of oxime groups is 1. The van der Waals surface area contributed by atoms with Crippen molar-refractivity contribution in [3.8, 4) is 11.5 Å². The molecule has 0 fully saturated rings. The van der Waals surface area contributed by atoms with E-state index in [4.69, 9.17) is 14.7 Å². The highest BCUT2D eigenvalue weighted by atomic mass is 79.9. The SMILES string of the molecule is O/N=C/c1cc[n+](CCCCOc2ccc(OCc3ccccc3)cc2)cc1.[Br-]. The molecule has 1 N–H and O–H groups in total. The Hall–Kier alpha value is -2.86. The summed E-state index contributed by atoms with van der Waals surface area (Å²) in [5, 5.41) is 11.5. The van der Waals surface area contributed by atoms with E-state index in [0.29, 0.717) is 13.2 Å². The molecule has 0 spiro atoms. The van der Waals surface area contributed by atoms with E-state index in [0.717, 1.165) is 42.0 Å². The number of benzene rings is 2. The van der Waals surface area contributed by atoms with E-state index in [9.17, 15) is 0 Å². The molecular formula is C23H25BrN2O3. The van der Waals surface area contributed by atoms with Crippen molar-refractivity contribution in [1.82, 2.24) is 0 Å². The molecule has 0 saturated heterocycles. The standard InChI is InChI=1S/C23H24N2O3.BrH/c26-24-18-20-12-15-25(16-13-20)14-4-5-17-27-22-8-10-23(11-9-22)28-19-21-6-2-1-3-7-21;/h1-3,6-13,15-16,18H,4-5,14,17,19H2;1H. The van der Waals surface area contributed by atoms with Gasteiger partial charge in [-0.2, -0.15) is 0 Å². The molecule has 1 heterocycles. The number of aromatic nitrogens is 1. The molecule has 5 nitrogen and oxygen atoms in total. The Morgan fingerprint density at radius 2 is 1.48 bits per heavy atom. The van der Waals surface area contributed by atoms with Gasteiger partial charge in [-0.1, -0.05) is 35.5 Å². The summed E-state index contributed by atoms with van der Waals surface area (Å²) in [6, 6.07) is 21.7. The highest BCUT2D eigenvalue weighted by Crippen LogP contribution is 2.19. The van der Waals surface area contributed by atoms with E-state index >= 15 is 0 Å². The van der Waals surface area contributed by atoms with Gasteiger partial charge in [0.1, 0.15) is 24.7 Å². The third-order valence-electron chi connectivity index (χ3n) is 4.28. The predicted molar refractivity (Wildman–Crippen MR) is 108 cm³/mol. The number of unbranched alkanes of at least 4 members (excludes halogenated alkanes) is 1. The van der Waals surface area contributed by atoms with Crippen LogP contribution in [0.25, 0.3) is 0 Å². The highest BCUT2D eigenvalue weighted by molar-refractivity contribution is 5.78. The Bertz CT molecular complexity index is 854. The summed E-state index contributed by atoms with van der Waals surface area (Å²) in [5.74, 6) is 1.69. The fourth-order valence-corrected chi connectivity index (χ4v) is 2.73. The quantitative estimate of drug-likeness (QED) is 0.164. The maximum absolute atomic E-state index is 8.51. The highest BCUT2D eigenvalue weighted by Gasteiger charge is 2.01. The van der Waals surface area contributed by atoms with Gasteiger partial charge in [0.2, 0.25) is 0 Å². The fourth-order valence-electron chi connectivity index (χ4n) is 2.73. The molecule has 152 valence electrons. The maximum Gasteiger partial charge on any atom is 0.169 e. The Morgan fingerprint density at radius 3 is 2.14 bits per heavy atom. The van der Waals surface area contributed by atoms with Gasteiger partial charge in [0.05, 0.1) is 12.8 Å². The average Bonchev–Trinajstić information content (AvgIpc) is 2.75. The summed E-state index contributed by atoms with van der Waals surface area (Å²) < 4.78 is 13.7. The molecule has 0 unspecified atom stereocenters. The van der Waals surface area contributed by atoms with Crippen LogP contribution < -0.4 is 31.0 Å². The largest absolute Gasteiger partial charge is 1.00 e. The topological polar surface area (TPSA) is 54.9 Å². The normalized spacial score (nSPS) is 10.5. The zero-order chi connectivity index (χ0) is 19.4. The summed E-state index contributed by atoms with van der Waals surface area (Å²) in [7, 11) is 0. The van der Waals surface area contributed by atoms with Crippen LogP contribution in [0.1, 0.15) is 24.0 Å². The van der Waals surface area contributed by atoms with E-state index < -0.39 is 0 Å². The van der Waals surface area contributed by atoms with Gasteiger partial charge in [0.15, 0.2) is 12.4 Å². The molecule has 0 atom stereocenters. The first-order chi connectivity index (χ1) is 13.8. The van der Waals surface area contributed by atoms with Crippen LogP contribution in [-0.2, 0) is 13.2 Å². The number of rotatable bonds is 10. The predicted octanol–water partition coefficient (Wildman–Crippen LogP) is 1.22. The number of halogens is 1. The fraction of sp³-hybridized carbons (Fsp3) is 0.217. The van der Waals surface area contributed by atoms with Crippen LogP contribution in [0.15, 0.2) is 84.3 Å². The molecule has 0 amide bonds. The van der Waals surface area contributed by atoms with Crippen LogP contribution in [0.3, 0.4) is 0 Å². The van der Waals surface area contributed by atoms with Crippen molar-refractivity contribution in [3.05, 3.63) is 90.3 Å². The van der Waals surface area contributed by atoms with Crippen molar-refractivity contribution >= 4 is 6.21 Å². The van der Waals surface area contributed by atoms with E-state index in [1.165, 1.54) is 6.21 Å². The lowest BCUT2D eigenvalue weighted by molar-refractivity contribution is -0.697. The first-order valence-corrected chi connectivity index (χ1v) is 9.39. The number of hydrogen-bond donors (Lipinski definition) is 1. The summed E-state index contributed by atoms with van der Waals surface area (Å²) in [5.41, 5.74) is 2.02. The van der Waals surface area contributed by atoms with Gasteiger partial charge in [-0.3, -0.25) is 0 Å². The molecule has 0 aliphatic carbocycles. The van der Waals surface area contributed by atoms with Crippen LogP contribution in [-0.4, -0.2) is 18.0 Å². The third-order valence-corrected chi connectivity index (χ3v) is 4.28. The number of nitrogens with zero attached hydrogens (tertiary/aromatic N) is 2. The van der Waals surface area contributed by atoms with Gasteiger partial charge >= 0.3 is 0 Å². The van der Waals surface area contributed by atoms with Crippen molar-refractivity contribution in [2.45, 2.75) is 26.0 Å². The zero-order valence-electron chi connectivity index (χ0n) is 16.2. The van der Waals surface area contributed by atoms with E-state index in [2.05, 4.69) is 9.72 Å². The van der Waals surface area contributed by atoms with Gasteiger partial charge in [-0.05, 0) is 36.2 Å². The summed E-state index contributed by atoms with van der Waals surface area (Å²) >= 11 is 0. The molecule has 3 rings (SSSR count). The number of ether oxygens (including phenoxy) is 2. The molecule has 2 aromatic carbocycles. The summed E-state index contributed by atoms with van der Waals surface area (Å²) in [4.78, 5) is 0. The van der Waals surface area contributed by atoms with Gasteiger partial charge in [0, 0.05) is 24.1 Å². The lowest BCUT2D eigenvalue weighted by atomic mass is 10.2. The second kappa shape index (κ2) is 12.6. The third kappa shape index (κ3) is 7.95. The minimum atomic E-state index is 0. The Balaban J connectivity index is 0.00000300. The van der Waals surface area contributed by atoms with Crippen molar-refractivity contribution < 1.29 is 36.2 Å². The molecule has 0 bridgehead atoms. The molecule has 0 radical (unpaired) electrons. The maximum atomic E-state index is 8.51. The zero-order valence-corrected chi connectivity index (χ0v) is 17.7. The second-order valence-corrected chi connectivity index (χ2v) is 6.42. The van der Waals surface area contributed by atoms with E-state index in [1.807, 2.05) is 79.1 Å². The smallest absolute Gasteiger partial charge is 0.169 e. The Labute approximate surface area is 182 Å². The number of aryl methyl sites for hydroxylation is 1. The monoisotopic (exact) mass is 456 g/mol. The lowest BCUT2D eigenvalue weighted by Gasteiger charge is -2.08. The molecule has 3 aromatic rings. The summed E-state index contributed by atoms with van der Waals surface area (Å²) in [6.07, 6.45) is 7.36. The lowest BCUT2D eigenvalue weighted by Crippen LogP contribution is -3.00. The summed E-state index contributed by atoms with van der Waals surface area (Å²) in [6.45, 7) is 2.17. The van der Waals surface area contributed by atoms with Gasteiger partial charge in [-0.25, -0.2) is 4.57 Å². The molecule has 0 aliphatic rings. The molecular weight excluding hydrogens is 432 g/mol. The first-order valence-electron chi connectivity index (χ1n) is 9.39. The number of pyridine rings is 1. The van der Waals surface area contributed by atoms with Crippen LogP contribution in [0, 0.1) is 0 Å². The van der Waals surface area contributed by atoms with Crippen molar-refractivity contribution in [2.24, 2.45) is 5.16 Å². The van der Waals surface area contributed by atoms with Gasteiger partial charge in [0.25, 0.3) is 0 Å². The van der Waals surface area contributed by atoms with Crippen LogP contribution in [0.4, 0.5) is 0 Å². The van der Waals surface area contributed by atoms with Gasteiger partial charge < -0.3 is 31.7 Å². The van der Waals surface area contributed by atoms with Crippen LogP contribution >= 0.6 is 0 Å². The van der Waals surface area contributed by atoms with Crippen LogP contribution in [0.2, 0.25) is 0 Å². The van der Waals surface area contributed by atoms with Crippen molar-refractivity contribution in [2.75, 3.05) is 6.61 Å². The minimum Gasteiger partial charge on any atom is -1.00 e. The number of hydrogen-bond acceptors (Lipinski definition) is 4. The van der Waals surface area contributed by atoms with E-state index in [-0.39, 0.29) is 17.0 Å². The Morgan fingerprint density at radius 1 is 0.828 bits per heavy atom. The first kappa shape index (κ1) is 22.4. The van der Waals surface area contributed by atoms with E-state index in [1.54, 1.807) is 0 Å². The molecule has 1 aromatic heterocycles. The molecule has 29 heavy (non-hydrogen) atoms. The second-order valence-electron chi connectivity index (χ2n) is 6.42. The molecule has 6 heteroatoms. The minimum absolute atomic E-state index is 0. The average molecular weight is 457 g/mol. The molecule has 0 aliphatic heterocycles. The van der Waals surface area contributed by atoms with Gasteiger partial charge in [-0.15, -0.1) is 0 Å². The van der Waals surface area contributed by atoms with Crippen molar-refractivity contribution in [1.29, 1.82) is 0 Å². The van der Waals surface area contributed by atoms with Crippen LogP contribution in [0.5, 0.6) is 11.5 Å².